The predicted octanol–water partition coefficient (Wildman–Crippen LogP) is 2.36. The molecule has 0 bridgehead atoms. The summed E-state index contributed by atoms with van der Waals surface area (Å²) in [6.07, 6.45) is 7.86. The Morgan fingerprint density at radius 3 is 2.45 bits per heavy atom. The second-order valence-electron chi connectivity index (χ2n) is 6.03. The molecule has 5 heteroatoms. The molecule has 0 spiro atoms. The summed E-state index contributed by atoms with van der Waals surface area (Å²) in [5, 5.41) is 10.0. The number of nitrogens with zero attached hydrogens (tertiary/aromatic N) is 1. The number of ether oxygens (including phenoxy) is 2. The van der Waals surface area contributed by atoms with Crippen LogP contribution >= 0.6 is 0 Å². The zero-order valence-electron chi connectivity index (χ0n) is 14.1. The summed E-state index contributed by atoms with van der Waals surface area (Å²) in [5.74, 6) is -0.0752. The fourth-order valence-corrected chi connectivity index (χ4v) is 2.76. The summed E-state index contributed by atoms with van der Waals surface area (Å²) < 4.78 is 10.2. The fraction of sp³-hybridized carbons (Fsp3) is 0.941. The molecule has 1 fully saturated rings. The largest absolute Gasteiger partial charge is 0.466 e. The van der Waals surface area contributed by atoms with Crippen molar-refractivity contribution >= 4 is 5.97 Å². The van der Waals surface area contributed by atoms with Gasteiger partial charge in [-0.15, -0.1) is 0 Å². The van der Waals surface area contributed by atoms with E-state index >= 15 is 0 Å². The third-order valence-corrected chi connectivity index (χ3v) is 4.05. The molecule has 0 aliphatic carbocycles. The number of morpholine rings is 1. The summed E-state index contributed by atoms with van der Waals surface area (Å²) in [4.78, 5) is 13.4. The second-order valence-corrected chi connectivity index (χ2v) is 6.03. The molecular formula is C17H33NO4. The summed E-state index contributed by atoms with van der Waals surface area (Å²) >= 11 is 0. The van der Waals surface area contributed by atoms with E-state index in [1.54, 1.807) is 0 Å². The number of aliphatic hydroxyl groups is 1. The first-order valence-electron chi connectivity index (χ1n) is 8.86. The van der Waals surface area contributed by atoms with E-state index in [0.717, 1.165) is 58.5 Å². The molecule has 5 nitrogen and oxygen atoms in total. The van der Waals surface area contributed by atoms with Crippen LogP contribution in [-0.2, 0) is 14.3 Å². The fourth-order valence-electron chi connectivity index (χ4n) is 2.76. The van der Waals surface area contributed by atoms with Gasteiger partial charge in [-0.05, 0) is 19.8 Å². The number of aliphatic hydroxyl groups excluding tert-OH is 1. The molecule has 0 radical (unpaired) electrons. The topological polar surface area (TPSA) is 59.0 Å². The van der Waals surface area contributed by atoms with Crippen LogP contribution in [0.25, 0.3) is 0 Å². The lowest BCUT2D eigenvalue weighted by atomic mass is 10.1. The molecule has 1 aliphatic rings. The minimum absolute atomic E-state index is 0.0752. The molecule has 130 valence electrons. The highest BCUT2D eigenvalue weighted by molar-refractivity contribution is 5.69. The highest BCUT2D eigenvalue weighted by atomic mass is 16.5. The van der Waals surface area contributed by atoms with Crippen molar-refractivity contribution in [3.63, 3.8) is 0 Å². The molecule has 22 heavy (non-hydrogen) atoms. The number of rotatable bonds is 12. The van der Waals surface area contributed by atoms with Crippen LogP contribution in [0.4, 0.5) is 0 Å². The highest BCUT2D eigenvalue weighted by Gasteiger charge is 2.14. The lowest BCUT2D eigenvalue weighted by Gasteiger charge is -2.28. The van der Waals surface area contributed by atoms with Gasteiger partial charge in [-0.2, -0.15) is 0 Å². The van der Waals surface area contributed by atoms with Crippen molar-refractivity contribution in [3.8, 4) is 0 Å². The van der Waals surface area contributed by atoms with Crippen LogP contribution in [0.15, 0.2) is 0 Å². The second kappa shape index (κ2) is 12.9. The van der Waals surface area contributed by atoms with Gasteiger partial charge in [-0.3, -0.25) is 9.69 Å². The third kappa shape index (κ3) is 10.1. The van der Waals surface area contributed by atoms with Crippen molar-refractivity contribution < 1.29 is 19.4 Å². The van der Waals surface area contributed by atoms with E-state index in [2.05, 4.69) is 4.90 Å². The van der Waals surface area contributed by atoms with Crippen LogP contribution in [0.5, 0.6) is 0 Å². The van der Waals surface area contributed by atoms with Crippen molar-refractivity contribution in [2.45, 2.75) is 64.4 Å². The van der Waals surface area contributed by atoms with E-state index in [4.69, 9.17) is 9.47 Å². The molecule has 0 aromatic rings. The average Bonchev–Trinajstić information content (AvgIpc) is 2.51. The van der Waals surface area contributed by atoms with Gasteiger partial charge in [-0.25, -0.2) is 0 Å². The zero-order chi connectivity index (χ0) is 16.0. The minimum atomic E-state index is -0.207. The van der Waals surface area contributed by atoms with Gasteiger partial charge in [0.2, 0.25) is 0 Å². The molecular weight excluding hydrogens is 282 g/mol. The van der Waals surface area contributed by atoms with Crippen molar-refractivity contribution in [1.29, 1.82) is 0 Å². The zero-order valence-corrected chi connectivity index (χ0v) is 14.1. The Morgan fingerprint density at radius 1 is 1.14 bits per heavy atom. The number of carbonyl (C=O) groups is 1. The normalized spacial score (nSPS) is 17.4. The van der Waals surface area contributed by atoms with Crippen molar-refractivity contribution in [2.24, 2.45) is 0 Å². The monoisotopic (exact) mass is 315 g/mol. The van der Waals surface area contributed by atoms with E-state index in [9.17, 15) is 9.90 Å². The lowest BCUT2D eigenvalue weighted by Crippen LogP contribution is -2.40. The van der Waals surface area contributed by atoms with Crippen LogP contribution in [0.2, 0.25) is 0 Å². The molecule has 0 unspecified atom stereocenters. The molecule has 0 aromatic carbocycles. The van der Waals surface area contributed by atoms with Crippen LogP contribution in [0, 0.1) is 0 Å². The smallest absolute Gasteiger partial charge is 0.305 e. The van der Waals surface area contributed by atoms with E-state index in [1.165, 1.54) is 19.3 Å². The maximum absolute atomic E-state index is 11.2. The van der Waals surface area contributed by atoms with E-state index in [1.807, 2.05) is 6.92 Å². The first kappa shape index (κ1) is 19.4. The molecule has 0 amide bonds. The van der Waals surface area contributed by atoms with E-state index < -0.39 is 0 Å². The van der Waals surface area contributed by atoms with Crippen LogP contribution < -0.4 is 0 Å². The number of carbonyl (C=O) groups excluding carboxylic acids is 1. The first-order chi connectivity index (χ1) is 10.7. The van der Waals surface area contributed by atoms with Gasteiger partial charge >= 0.3 is 5.97 Å². The lowest BCUT2D eigenvalue weighted by molar-refractivity contribution is -0.143. The summed E-state index contributed by atoms with van der Waals surface area (Å²) in [7, 11) is 0. The molecule has 0 saturated carbocycles. The van der Waals surface area contributed by atoms with Gasteiger partial charge < -0.3 is 14.6 Å². The minimum Gasteiger partial charge on any atom is -0.466 e. The SMILES string of the molecule is CCOC(=O)CCCCCCCC[C@@H](O)CN1CCOCC1. The Bertz CT molecular complexity index is 280. The standard InChI is InChI=1S/C17H33NO4/c1-2-22-17(20)10-8-6-4-3-5-7-9-16(19)15-18-11-13-21-14-12-18/h16,19H,2-15H2,1H3/t16-/m1/s1. The Labute approximate surface area is 135 Å². The number of hydrogen-bond donors (Lipinski definition) is 1. The van der Waals surface area contributed by atoms with Gasteiger partial charge in [0.1, 0.15) is 0 Å². The molecule has 1 heterocycles. The number of esters is 1. The molecule has 1 atom stereocenters. The van der Waals surface area contributed by atoms with Gasteiger partial charge in [0.05, 0.1) is 25.9 Å². The number of unbranched alkanes of at least 4 members (excludes halogenated alkanes) is 5. The molecule has 0 aromatic heterocycles. The Morgan fingerprint density at radius 2 is 1.77 bits per heavy atom. The average molecular weight is 315 g/mol. The highest BCUT2D eigenvalue weighted by Crippen LogP contribution is 2.11. The van der Waals surface area contributed by atoms with Gasteiger partial charge in [0, 0.05) is 26.1 Å². The van der Waals surface area contributed by atoms with Crippen LogP contribution in [0.1, 0.15) is 58.3 Å². The molecule has 1 N–H and O–H groups in total. The quantitative estimate of drug-likeness (QED) is 0.442. The number of hydrogen-bond acceptors (Lipinski definition) is 5. The maximum Gasteiger partial charge on any atom is 0.305 e. The summed E-state index contributed by atoms with van der Waals surface area (Å²) in [5.41, 5.74) is 0. The summed E-state index contributed by atoms with van der Waals surface area (Å²) in [6, 6.07) is 0. The van der Waals surface area contributed by atoms with E-state index in [-0.39, 0.29) is 12.1 Å². The molecule has 1 saturated heterocycles. The Balaban J connectivity index is 1.85. The van der Waals surface area contributed by atoms with Crippen LogP contribution in [-0.4, -0.2) is 61.5 Å². The Hall–Kier alpha value is -0.650. The van der Waals surface area contributed by atoms with Gasteiger partial charge in [-0.1, -0.05) is 32.1 Å². The van der Waals surface area contributed by atoms with Crippen LogP contribution in [0.3, 0.4) is 0 Å². The predicted molar refractivity (Wildman–Crippen MR) is 86.8 cm³/mol. The maximum atomic E-state index is 11.2. The van der Waals surface area contributed by atoms with Crippen molar-refractivity contribution in [2.75, 3.05) is 39.5 Å². The molecule has 1 rings (SSSR count). The first-order valence-corrected chi connectivity index (χ1v) is 8.86. The Kier molecular flexibility index (Phi) is 11.3. The molecule has 1 aliphatic heterocycles. The van der Waals surface area contributed by atoms with Gasteiger partial charge in [0.15, 0.2) is 0 Å². The van der Waals surface area contributed by atoms with Gasteiger partial charge in [0.25, 0.3) is 0 Å². The summed E-state index contributed by atoms with van der Waals surface area (Å²) in [6.45, 7) is 6.56. The van der Waals surface area contributed by atoms with Crippen molar-refractivity contribution in [3.05, 3.63) is 0 Å². The number of β-amino-alcohol motifs (C(OH)–C–C–N with tert-alkyl or cyclic N) is 1. The third-order valence-electron chi connectivity index (χ3n) is 4.05. The van der Waals surface area contributed by atoms with Crippen molar-refractivity contribution in [1.82, 2.24) is 4.90 Å². The van der Waals surface area contributed by atoms with E-state index in [0.29, 0.717) is 13.0 Å².